The summed E-state index contributed by atoms with van der Waals surface area (Å²) < 4.78 is 0. The molecule has 0 bridgehead atoms. The van der Waals surface area contributed by atoms with E-state index in [0.29, 0.717) is 34.3 Å². The number of nitro benzene ring substituents is 1. The first-order valence-corrected chi connectivity index (χ1v) is 12.5. The van der Waals surface area contributed by atoms with Crippen LogP contribution >= 0.6 is 35.0 Å². The largest absolute Gasteiger partial charge is 0.354 e. The summed E-state index contributed by atoms with van der Waals surface area (Å²) in [4.78, 5) is 37.9. The third-order valence-electron chi connectivity index (χ3n) is 4.93. The highest BCUT2D eigenvalue weighted by molar-refractivity contribution is 7.99. The van der Waals surface area contributed by atoms with Crippen LogP contribution in [0.15, 0.2) is 42.5 Å². The number of rotatable bonds is 12. The van der Waals surface area contributed by atoms with E-state index in [-0.39, 0.29) is 29.8 Å². The number of thioether (sulfide) groups is 1. The molecule has 1 atom stereocenters. The highest BCUT2D eigenvalue weighted by atomic mass is 35.5. The van der Waals surface area contributed by atoms with Crippen molar-refractivity contribution in [3.8, 4) is 0 Å². The van der Waals surface area contributed by atoms with Gasteiger partial charge in [0.25, 0.3) is 5.69 Å². The molecule has 0 spiro atoms. The maximum Gasteiger partial charge on any atom is 0.269 e. The first kappa shape index (κ1) is 27.0. The molecule has 0 radical (unpaired) electrons. The zero-order chi connectivity index (χ0) is 24.4. The summed E-state index contributed by atoms with van der Waals surface area (Å²) >= 11 is 13.7. The monoisotopic (exact) mass is 511 g/mol. The van der Waals surface area contributed by atoms with Gasteiger partial charge in [-0.2, -0.15) is 0 Å². The Morgan fingerprint density at radius 3 is 2.42 bits per heavy atom. The molecule has 0 saturated carbocycles. The van der Waals surface area contributed by atoms with Crippen molar-refractivity contribution in [2.75, 3.05) is 12.3 Å². The van der Waals surface area contributed by atoms with Gasteiger partial charge in [0.1, 0.15) is 6.04 Å². The van der Waals surface area contributed by atoms with Crippen molar-refractivity contribution < 1.29 is 14.5 Å². The van der Waals surface area contributed by atoms with Crippen LogP contribution in [0, 0.1) is 10.1 Å². The van der Waals surface area contributed by atoms with Crippen LogP contribution in [-0.4, -0.2) is 40.0 Å². The van der Waals surface area contributed by atoms with Gasteiger partial charge in [0.15, 0.2) is 0 Å². The second-order valence-corrected chi connectivity index (χ2v) is 9.22. The van der Waals surface area contributed by atoms with Gasteiger partial charge < -0.3 is 10.2 Å². The molecule has 0 saturated heterocycles. The molecule has 2 aromatic rings. The van der Waals surface area contributed by atoms with Gasteiger partial charge >= 0.3 is 0 Å². The number of benzene rings is 2. The van der Waals surface area contributed by atoms with Crippen molar-refractivity contribution >= 4 is 52.5 Å². The average molecular weight is 512 g/mol. The third-order valence-corrected chi connectivity index (χ3v) is 6.51. The van der Waals surface area contributed by atoms with E-state index in [1.165, 1.54) is 23.9 Å². The molecule has 1 N–H and O–H groups in total. The van der Waals surface area contributed by atoms with E-state index >= 15 is 0 Å². The Morgan fingerprint density at radius 1 is 1.15 bits per heavy atom. The smallest absolute Gasteiger partial charge is 0.269 e. The Morgan fingerprint density at radius 2 is 1.85 bits per heavy atom. The molecular weight excluding hydrogens is 485 g/mol. The summed E-state index contributed by atoms with van der Waals surface area (Å²) in [5.74, 6) is 0.280. The Hall–Kier alpha value is -2.29. The van der Waals surface area contributed by atoms with Gasteiger partial charge in [-0.1, -0.05) is 55.2 Å². The minimum absolute atomic E-state index is 0.0229. The van der Waals surface area contributed by atoms with E-state index in [1.54, 1.807) is 35.2 Å². The van der Waals surface area contributed by atoms with E-state index in [1.807, 2.05) is 13.8 Å². The molecule has 178 valence electrons. The fraction of sp³-hybridized carbons (Fsp3) is 0.391. The third kappa shape index (κ3) is 8.21. The Labute approximate surface area is 208 Å². The van der Waals surface area contributed by atoms with Gasteiger partial charge in [-0.25, -0.2) is 0 Å². The van der Waals surface area contributed by atoms with Crippen molar-refractivity contribution in [2.45, 2.75) is 45.0 Å². The van der Waals surface area contributed by atoms with Crippen LogP contribution in [0.5, 0.6) is 0 Å². The summed E-state index contributed by atoms with van der Waals surface area (Å²) in [6, 6.07) is 10.7. The number of nitrogens with one attached hydrogen (secondary N) is 1. The molecule has 2 rings (SSSR count). The molecule has 0 aliphatic heterocycles. The maximum atomic E-state index is 13.2. The van der Waals surface area contributed by atoms with Crippen molar-refractivity contribution in [1.82, 2.24) is 10.2 Å². The lowest BCUT2D eigenvalue weighted by Gasteiger charge is -2.31. The van der Waals surface area contributed by atoms with Gasteiger partial charge in [0, 0.05) is 41.0 Å². The summed E-state index contributed by atoms with van der Waals surface area (Å²) in [6.07, 6.45) is 1.25. The number of non-ortho nitro benzene ring substituents is 1. The Balaban J connectivity index is 2.13. The van der Waals surface area contributed by atoms with E-state index in [0.717, 1.165) is 12.0 Å². The van der Waals surface area contributed by atoms with Gasteiger partial charge in [-0.05, 0) is 36.1 Å². The van der Waals surface area contributed by atoms with Crippen molar-refractivity contribution in [3.63, 3.8) is 0 Å². The Bertz CT molecular complexity index is 973. The van der Waals surface area contributed by atoms with Crippen LogP contribution in [0.3, 0.4) is 0 Å². The van der Waals surface area contributed by atoms with Crippen molar-refractivity contribution in [1.29, 1.82) is 0 Å². The number of nitrogens with zero attached hydrogens (tertiary/aromatic N) is 2. The fourth-order valence-electron chi connectivity index (χ4n) is 3.17. The first-order chi connectivity index (χ1) is 15.8. The lowest BCUT2D eigenvalue weighted by molar-refractivity contribution is -0.384. The van der Waals surface area contributed by atoms with E-state index in [9.17, 15) is 19.7 Å². The zero-order valence-corrected chi connectivity index (χ0v) is 20.9. The molecule has 0 aromatic heterocycles. The molecule has 33 heavy (non-hydrogen) atoms. The topological polar surface area (TPSA) is 92.6 Å². The highest BCUT2D eigenvalue weighted by Crippen LogP contribution is 2.25. The van der Waals surface area contributed by atoms with Crippen LogP contribution in [0.4, 0.5) is 5.69 Å². The molecule has 0 aliphatic rings. The SMILES string of the molecule is CCCNC(=O)C(CC)N(Cc1ccc(Cl)cc1Cl)C(=O)CSCc1ccc([N+](=O)[O-])cc1. The molecule has 2 aromatic carbocycles. The number of hydrogen-bond acceptors (Lipinski definition) is 5. The number of amides is 2. The van der Waals surface area contributed by atoms with Crippen molar-refractivity contribution in [2.24, 2.45) is 0 Å². The maximum absolute atomic E-state index is 13.2. The zero-order valence-electron chi connectivity index (χ0n) is 18.6. The molecule has 7 nitrogen and oxygen atoms in total. The molecule has 0 heterocycles. The predicted molar refractivity (Wildman–Crippen MR) is 134 cm³/mol. The molecule has 0 fully saturated rings. The first-order valence-electron chi connectivity index (χ1n) is 10.6. The van der Waals surface area contributed by atoms with Gasteiger partial charge in [0.05, 0.1) is 10.7 Å². The molecule has 1 unspecified atom stereocenters. The molecule has 10 heteroatoms. The lowest BCUT2D eigenvalue weighted by atomic mass is 10.1. The van der Waals surface area contributed by atoms with Crippen LogP contribution in [0.1, 0.15) is 37.8 Å². The Kier molecular flexibility index (Phi) is 11.0. The van der Waals surface area contributed by atoms with E-state index in [2.05, 4.69) is 5.32 Å². The second kappa shape index (κ2) is 13.4. The molecule has 0 aliphatic carbocycles. The summed E-state index contributed by atoms with van der Waals surface area (Å²) in [6.45, 7) is 4.55. The van der Waals surface area contributed by atoms with E-state index < -0.39 is 11.0 Å². The lowest BCUT2D eigenvalue weighted by Crippen LogP contribution is -2.49. The van der Waals surface area contributed by atoms with Crippen LogP contribution < -0.4 is 5.32 Å². The molecular formula is C23H27Cl2N3O4S. The van der Waals surface area contributed by atoms with Crippen LogP contribution in [0.2, 0.25) is 10.0 Å². The van der Waals surface area contributed by atoms with Crippen LogP contribution in [-0.2, 0) is 21.9 Å². The number of nitro groups is 1. The fourth-order valence-corrected chi connectivity index (χ4v) is 4.51. The normalized spacial score (nSPS) is 11.6. The van der Waals surface area contributed by atoms with Gasteiger partial charge in [-0.15, -0.1) is 11.8 Å². The minimum atomic E-state index is -0.629. The number of hydrogen-bond donors (Lipinski definition) is 1. The minimum Gasteiger partial charge on any atom is -0.354 e. The molecule has 2 amide bonds. The van der Waals surface area contributed by atoms with E-state index in [4.69, 9.17) is 23.2 Å². The number of carbonyl (C=O) groups is 2. The average Bonchev–Trinajstić information content (AvgIpc) is 2.79. The quantitative estimate of drug-likeness (QED) is 0.301. The highest BCUT2D eigenvalue weighted by Gasteiger charge is 2.28. The van der Waals surface area contributed by atoms with Gasteiger partial charge in [0.2, 0.25) is 11.8 Å². The number of halogens is 2. The van der Waals surface area contributed by atoms with Crippen molar-refractivity contribution in [3.05, 3.63) is 73.8 Å². The number of carbonyl (C=O) groups excluding carboxylic acids is 2. The second-order valence-electron chi connectivity index (χ2n) is 7.39. The summed E-state index contributed by atoms with van der Waals surface area (Å²) in [5, 5.41) is 14.6. The van der Waals surface area contributed by atoms with Gasteiger partial charge in [-0.3, -0.25) is 19.7 Å². The standard InChI is InChI=1S/C23H27Cl2N3O4S/c1-3-11-26-23(30)21(4-2)27(13-17-7-8-18(24)12-20(17)25)22(29)15-33-14-16-5-9-19(10-6-16)28(31)32/h5-10,12,21H,3-4,11,13-15H2,1-2H3,(H,26,30). The summed E-state index contributed by atoms with van der Waals surface area (Å²) in [5.41, 5.74) is 1.60. The predicted octanol–water partition coefficient (Wildman–Crippen LogP) is 5.47. The van der Waals surface area contributed by atoms with Crippen LogP contribution in [0.25, 0.3) is 0 Å². The summed E-state index contributed by atoms with van der Waals surface area (Å²) in [7, 11) is 0.